The molecule has 0 saturated carbocycles. The third-order valence-corrected chi connectivity index (χ3v) is 4.01. The summed E-state index contributed by atoms with van der Waals surface area (Å²) in [6, 6.07) is 1.96. The molecule has 0 radical (unpaired) electrons. The van der Waals surface area contributed by atoms with Crippen LogP contribution in [0.25, 0.3) is 0 Å². The van der Waals surface area contributed by atoms with Crippen molar-refractivity contribution in [2.45, 2.75) is 13.8 Å². The normalized spacial score (nSPS) is 25.8. The molecule has 102 valence electrons. The van der Waals surface area contributed by atoms with Crippen LogP contribution in [-0.4, -0.2) is 52.2 Å². The molecule has 3 heterocycles. The van der Waals surface area contributed by atoms with Crippen molar-refractivity contribution >= 4 is 12.0 Å². The van der Waals surface area contributed by atoms with E-state index in [1.807, 2.05) is 19.9 Å². The number of aryl methyl sites for hydroxylation is 2. The lowest BCUT2D eigenvalue weighted by atomic mass is 10.0. The third-order valence-electron chi connectivity index (χ3n) is 4.01. The van der Waals surface area contributed by atoms with E-state index in [1.165, 1.54) is 4.90 Å². The Balaban J connectivity index is 1.73. The number of anilines is 1. The van der Waals surface area contributed by atoms with Crippen molar-refractivity contribution < 1.29 is 9.90 Å². The molecule has 1 amide bonds. The highest BCUT2D eigenvalue weighted by Gasteiger charge is 2.42. The average Bonchev–Trinajstić information content (AvgIpc) is 2.84. The van der Waals surface area contributed by atoms with Crippen LogP contribution in [-0.2, 0) is 0 Å². The standard InChI is InChI=1S/C13H18N4O2/c1-8-3-9(2)15-12(14-8)16-4-10-6-17(13(18)19)7-11(10)5-16/h3,10-11H,4-7H2,1-2H3,(H,18,19). The van der Waals surface area contributed by atoms with Gasteiger partial charge >= 0.3 is 6.09 Å². The minimum Gasteiger partial charge on any atom is -0.465 e. The second kappa shape index (κ2) is 4.36. The van der Waals surface area contributed by atoms with Gasteiger partial charge in [0.15, 0.2) is 0 Å². The molecule has 1 aromatic heterocycles. The van der Waals surface area contributed by atoms with E-state index in [-0.39, 0.29) is 0 Å². The van der Waals surface area contributed by atoms with Gasteiger partial charge in [-0.2, -0.15) is 0 Å². The van der Waals surface area contributed by atoms with Gasteiger partial charge in [-0.15, -0.1) is 0 Å². The van der Waals surface area contributed by atoms with Crippen LogP contribution >= 0.6 is 0 Å². The number of hydrogen-bond acceptors (Lipinski definition) is 4. The third kappa shape index (κ3) is 2.22. The number of amides is 1. The topological polar surface area (TPSA) is 69.6 Å². The molecule has 6 nitrogen and oxygen atoms in total. The maximum atomic E-state index is 11.0. The summed E-state index contributed by atoms with van der Waals surface area (Å²) in [7, 11) is 0. The molecule has 1 aromatic rings. The number of likely N-dealkylation sites (tertiary alicyclic amines) is 1. The number of nitrogens with zero attached hydrogens (tertiary/aromatic N) is 4. The van der Waals surface area contributed by atoms with E-state index in [0.29, 0.717) is 24.9 Å². The Hall–Kier alpha value is -1.85. The van der Waals surface area contributed by atoms with Crippen LogP contribution in [0.1, 0.15) is 11.4 Å². The quantitative estimate of drug-likeness (QED) is 0.822. The lowest BCUT2D eigenvalue weighted by Crippen LogP contribution is -2.32. The summed E-state index contributed by atoms with van der Waals surface area (Å²) in [6.45, 7) is 6.94. The SMILES string of the molecule is Cc1cc(C)nc(N2CC3CN(C(=O)O)CC3C2)n1. The van der Waals surface area contributed by atoms with E-state index >= 15 is 0 Å². The van der Waals surface area contributed by atoms with Gasteiger partial charge in [0.2, 0.25) is 5.95 Å². The van der Waals surface area contributed by atoms with E-state index in [9.17, 15) is 4.79 Å². The Kier molecular flexibility index (Phi) is 2.80. The predicted molar refractivity (Wildman–Crippen MR) is 70.3 cm³/mol. The van der Waals surface area contributed by atoms with Crippen molar-refractivity contribution in [2.75, 3.05) is 31.1 Å². The van der Waals surface area contributed by atoms with Gasteiger partial charge in [0.05, 0.1) is 0 Å². The Labute approximate surface area is 112 Å². The zero-order valence-corrected chi connectivity index (χ0v) is 11.2. The molecule has 0 spiro atoms. The van der Waals surface area contributed by atoms with E-state index < -0.39 is 6.09 Å². The van der Waals surface area contributed by atoms with E-state index in [2.05, 4.69) is 14.9 Å². The molecule has 1 N–H and O–H groups in total. The molecule has 2 unspecified atom stereocenters. The van der Waals surface area contributed by atoms with Crippen LogP contribution in [0.4, 0.5) is 10.7 Å². The first-order valence-corrected chi connectivity index (χ1v) is 6.58. The molecule has 2 fully saturated rings. The second-order valence-corrected chi connectivity index (χ2v) is 5.56. The smallest absolute Gasteiger partial charge is 0.407 e. The molecule has 6 heteroatoms. The Bertz CT molecular complexity index is 485. The van der Waals surface area contributed by atoms with Gasteiger partial charge in [0.1, 0.15) is 0 Å². The number of rotatable bonds is 1. The first-order chi connectivity index (χ1) is 9.02. The Morgan fingerprint density at radius 1 is 1.16 bits per heavy atom. The molecule has 0 aromatic carbocycles. The minimum absolute atomic E-state index is 0.417. The number of fused-ring (bicyclic) bond motifs is 1. The summed E-state index contributed by atoms with van der Waals surface area (Å²) in [5.74, 6) is 1.62. The summed E-state index contributed by atoms with van der Waals surface area (Å²) in [5.41, 5.74) is 1.96. The van der Waals surface area contributed by atoms with Gasteiger partial charge in [0.25, 0.3) is 0 Å². The molecule has 3 rings (SSSR count). The van der Waals surface area contributed by atoms with Gasteiger partial charge in [-0.25, -0.2) is 14.8 Å². The maximum Gasteiger partial charge on any atom is 0.407 e. The van der Waals surface area contributed by atoms with Crippen molar-refractivity contribution in [3.05, 3.63) is 17.5 Å². The Morgan fingerprint density at radius 2 is 1.68 bits per heavy atom. The minimum atomic E-state index is -0.802. The Morgan fingerprint density at radius 3 is 2.16 bits per heavy atom. The lowest BCUT2D eigenvalue weighted by Gasteiger charge is -2.20. The van der Waals surface area contributed by atoms with Gasteiger partial charge in [0, 0.05) is 49.4 Å². The van der Waals surface area contributed by atoms with Crippen molar-refractivity contribution in [1.29, 1.82) is 0 Å². The highest BCUT2D eigenvalue weighted by molar-refractivity contribution is 5.65. The average molecular weight is 262 g/mol. The first-order valence-electron chi connectivity index (χ1n) is 6.58. The van der Waals surface area contributed by atoms with Gasteiger partial charge in [-0.05, 0) is 19.9 Å². The molecule has 0 aliphatic carbocycles. The van der Waals surface area contributed by atoms with Crippen LogP contribution in [0.15, 0.2) is 6.07 Å². The highest BCUT2D eigenvalue weighted by Crippen LogP contribution is 2.32. The summed E-state index contributed by atoms with van der Waals surface area (Å²) in [5, 5.41) is 9.01. The fraction of sp³-hybridized carbons (Fsp3) is 0.615. The second-order valence-electron chi connectivity index (χ2n) is 5.56. The zero-order chi connectivity index (χ0) is 13.6. The van der Waals surface area contributed by atoms with Crippen LogP contribution in [0.2, 0.25) is 0 Å². The number of carboxylic acid groups (broad SMARTS) is 1. The van der Waals surface area contributed by atoms with E-state index in [4.69, 9.17) is 5.11 Å². The number of aromatic nitrogens is 2. The summed E-state index contributed by atoms with van der Waals surface area (Å²) in [6.07, 6.45) is -0.802. The number of hydrogen-bond donors (Lipinski definition) is 1. The van der Waals surface area contributed by atoms with Crippen LogP contribution < -0.4 is 4.90 Å². The van der Waals surface area contributed by atoms with Gasteiger partial charge in [-0.1, -0.05) is 0 Å². The molecule has 2 saturated heterocycles. The van der Waals surface area contributed by atoms with E-state index in [0.717, 1.165) is 30.4 Å². The van der Waals surface area contributed by atoms with Crippen LogP contribution in [0, 0.1) is 25.7 Å². The zero-order valence-electron chi connectivity index (χ0n) is 11.2. The van der Waals surface area contributed by atoms with E-state index in [1.54, 1.807) is 0 Å². The number of carbonyl (C=O) groups is 1. The molecule has 2 atom stereocenters. The van der Waals surface area contributed by atoms with Crippen molar-refractivity contribution in [3.8, 4) is 0 Å². The lowest BCUT2D eigenvalue weighted by molar-refractivity contribution is 0.153. The monoisotopic (exact) mass is 262 g/mol. The molecule has 19 heavy (non-hydrogen) atoms. The van der Waals surface area contributed by atoms with Crippen LogP contribution in [0.3, 0.4) is 0 Å². The fourth-order valence-electron chi connectivity index (χ4n) is 3.16. The summed E-state index contributed by atoms with van der Waals surface area (Å²) >= 11 is 0. The first kappa shape index (κ1) is 12.2. The molecule has 0 bridgehead atoms. The van der Waals surface area contributed by atoms with Crippen LogP contribution in [0.5, 0.6) is 0 Å². The summed E-state index contributed by atoms with van der Waals surface area (Å²) in [4.78, 5) is 23.6. The summed E-state index contributed by atoms with van der Waals surface area (Å²) < 4.78 is 0. The molecule has 2 aliphatic rings. The molecule has 2 aliphatic heterocycles. The molecular weight excluding hydrogens is 244 g/mol. The maximum absolute atomic E-state index is 11.0. The van der Waals surface area contributed by atoms with Crippen molar-refractivity contribution in [2.24, 2.45) is 11.8 Å². The van der Waals surface area contributed by atoms with Crippen molar-refractivity contribution in [1.82, 2.24) is 14.9 Å². The fourth-order valence-corrected chi connectivity index (χ4v) is 3.16. The predicted octanol–water partition coefficient (Wildman–Crippen LogP) is 1.14. The largest absolute Gasteiger partial charge is 0.465 e. The molecular formula is C13H18N4O2. The highest BCUT2D eigenvalue weighted by atomic mass is 16.4. The van der Waals surface area contributed by atoms with Gasteiger partial charge < -0.3 is 14.9 Å². The van der Waals surface area contributed by atoms with Crippen molar-refractivity contribution in [3.63, 3.8) is 0 Å². The van der Waals surface area contributed by atoms with Gasteiger partial charge in [-0.3, -0.25) is 0 Å².